The second-order valence-corrected chi connectivity index (χ2v) is 10.0. The molecule has 3 rings (SSSR count). The topological polar surface area (TPSA) is 65.1 Å². The molecule has 0 atom stereocenters. The van der Waals surface area contributed by atoms with Gasteiger partial charge in [-0.25, -0.2) is 4.79 Å². The number of methoxy groups -OCH3 is 1. The van der Waals surface area contributed by atoms with E-state index in [4.69, 9.17) is 14.2 Å². The Bertz CT molecular complexity index is 1020. The number of allylic oxidation sites excluding steroid dienone is 2. The molecular formula is C25H33NO5S. The predicted molar refractivity (Wildman–Crippen MR) is 129 cm³/mol. The van der Waals surface area contributed by atoms with Gasteiger partial charge in [0.05, 0.1) is 30.0 Å². The number of hydrogen-bond donors (Lipinski definition) is 0. The number of carbonyl (C=O) groups is 2. The zero-order chi connectivity index (χ0) is 23.5. The molecule has 0 spiro atoms. The van der Waals surface area contributed by atoms with Crippen molar-refractivity contribution < 1.29 is 23.8 Å². The average Bonchev–Trinajstić information content (AvgIpc) is 3.10. The Balaban J connectivity index is 1.80. The Morgan fingerprint density at radius 2 is 1.84 bits per heavy atom. The summed E-state index contributed by atoms with van der Waals surface area (Å²) in [7, 11) is 3.22. The van der Waals surface area contributed by atoms with E-state index in [9.17, 15) is 9.59 Å². The van der Waals surface area contributed by atoms with Crippen molar-refractivity contribution in [1.29, 1.82) is 0 Å². The maximum atomic E-state index is 12.9. The highest BCUT2D eigenvalue weighted by Gasteiger charge is 2.24. The molecule has 1 aromatic carbocycles. The van der Waals surface area contributed by atoms with Gasteiger partial charge in [-0.05, 0) is 76.1 Å². The van der Waals surface area contributed by atoms with Gasteiger partial charge in [0.25, 0.3) is 0 Å². The minimum atomic E-state index is -0.597. The van der Waals surface area contributed by atoms with E-state index in [0.717, 1.165) is 28.7 Å². The number of hydrogen-bond acceptors (Lipinski definition) is 6. The number of amides is 1. The summed E-state index contributed by atoms with van der Waals surface area (Å²) in [5, 5.41) is 0.916. The Labute approximate surface area is 194 Å². The van der Waals surface area contributed by atoms with Crippen molar-refractivity contribution in [2.24, 2.45) is 0 Å². The minimum absolute atomic E-state index is 0.101. The molecule has 1 aliphatic carbocycles. The van der Waals surface area contributed by atoms with Crippen LogP contribution < -0.4 is 9.64 Å². The molecule has 7 heteroatoms. The highest BCUT2D eigenvalue weighted by Crippen LogP contribution is 2.38. The number of anilines is 1. The molecule has 1 heterocycles. The van der Waals surface area contributed by atoms with Crippen LogP contribution in [0.3, 0.4) is 0 Å². The van der Waals surface area contributed by atoms with Gasteiger partial charge in [0, 0.05) is 24.6 Å². The van der Waals surface area contributed by atoms with Gasteiger partial charge in [0.2, 0.25) is 0 Å². The van der Waals surface area contributed by atoms with E-state index in [1.807, 2.05) is 45.9 Å². The molecule has 0 saturated heterocycles. The van der Waals surface area contributed by atoms with Gasteiger partial charge < -0.3 is 14.2 Å². The number of Topliss-reactive ketones (excluding diaryl/α,β-unsaturated/α-hetero) is 1. The second kappa shape index (κ2) is 9.94. The SMILES string of the molecule is CCOC(CCC(=O)c1cc2cc(OC)c(N(C)C(=O)OC(C)(C)C)cc2s1)=C1CCC1. The quantitative estimate of drug-likeness (QED) is 0.324. The lowest BCUT2D eigenvalue weighted by Crippen LogP contribution is -2.34. The van der Waals surface area contributed by atoms with E-state index >= 15 is 0 Å². The summed E-state index contributed by atoms with van der Waals surface area (Å²) in [6.45, 7) is 8.09. The van der Waals surface area contributed by atoms with Crippen molar-refractivity contribution in [2.75, 3.05) is 25.7 Å². The van der Waals surface area contributed by atoms with Crippen LogP contribution in [0.4, 0.5) is 10.5 Å². The average molecular weight is 460 g/mol. The molecule has 1 fully saturated rings. The van der Waals surface area contributed by atoms with Crippen LogP contribution in [0.15, 0.2) is 29.5 Å². The van der Waals surface area contributed by atoms with Gasteiger partial charge in [-0.3, -0.25) is 9.69 Å². The van der Waals surface area contributed by atoms with Crippen molar-refractivity contribution in [3.8, 4) is 5.75 Å². The molecule has 1 aliphatic rings. The van der Waals surface area contributed by atoms with Crippen LogP contribution in [-0.4, -0.2) is 38.2 Å². The summed E-state index contributed by atoms with van der Waals surface area (Å²) < 4.78 is 17.7. The zero-order valence-corrected chi connectivity index (χ0v) is 20.7. The molecule has 0 aliphatic heterocycles. The van der Waals surface area contributed by atoms with Gasteiger partial charge in [-0.1, -0.05) is 0 Å². The fraction of sp³-hybridized carbons (Fsp3) is 0.520. The van der Waals surface area contributed by atoms with Crippen LogP contribution in [0.25, 0.3) is 10.1 Å². The molecule has 0 bridgehead atoms. The van der Waals surface area contributed by atoms with Crippen LogP contribution in [0.1, 0.15) is 69.5 Å². The van der Waals surface area contributed by atoms with Crippen molar-refractivity contribution in [2.45, 2.75) is 65.4 Å². The molecule has 0 radical (unpaired) electrons. The number of fused-ring (bicyclic) bond motifs is 1. The number of thiophene rings is 1. The van der Waals surface area contributed by atoms with Crippen molar-refractivity contribution >= 4 is 39.0 Å². The summed E-state index contributed by atoms with van der Waals surface area (Å²) in [5.74, 6) is 1.65. The third kappa shape index (κ3) is 5.63. The van der Waals surface area contributed by atoms with E-state index < -0.39 is 11.7 Å². The second-order valence-electron chi connectivity index (χ2n) is 8.95. The summed E-state index contributed by atoms with van der Waals surface area (Å²) in [6.07, 6.45) is 3.98. The van der Waals surface area contributed by atoms with Gasteiger partial charge in [-0.15, -0.1) is 11.3 Å². The third-order valence-electron chi connectivity index (χ3n) is 5.37. The molecule has 6 nitrogen and oxygen atoms in total. The van der Waals surface area contributed by atoms with Gasteiger partial charge in [-0.2, -0.15) is 0 Å². The van der Waals surface area contributed by atoms with E-state index in [1.165, 1.54) is 28.2 Å². The van der Waals surface area contributed by atoms with Crippen LogP contribution in [0.5, 0.6) is 5.75 Å². The van der Waals surface area contributed by atoms with Gasteiger partial charge >= 0.3 is 6.09 Å². The first-order valence-electron chi connectivity index (χ1n) is 11.1. The summed E-state index contributed by atoms with van der Waals surface area (Å²) in [6, 6.07) is 5.64. The van der Waals surface area contributed by atoms with Crippen LogP contribution in [-0.2, 0) is 9.47 Å². The number of nitrogens with zero attached hydrogens (tertiary/aromatic N) is 1. The van der Waals surface area contributed by atoms with Gasteiger partial charge in [0.1, 0.15) is 11.4 Å². The first-order valence-corrected chi connectivity index (χ1v) is 11.9. The number of ether oxygens (including phenoxy) is 3. The van der Waals surface area contributed by atoms with Gasteiger partial charge in [0.15, 0.2) is 5.78 Å². The molecule has 0 unspecified atom stereocenters. The third-order valence-corrected chi connectivity index (χ3v) is 6.51. The standard InChI is InChI=1S/C25H33NO5S/c1-7-30-20(16-9-8-10-16)12-11-19(27)23-14-17-13-21(29-6)18(15-22(17)32-23)26(5)24(28)31-25(2,3)4/h13-15H,7-12H2,1-6H3. The lowest BCUT2D eigenvalue weighted by atomic mass is 9.90. The maximum absolute atomic E-state index is 12.9. The fourth-order valence-electron chi connectivity index (χ4n) is 3.55. The number of ketones is 1. The molecule has 2 aromatic rings. The molecule has 174 valence electrons. The normalized spacial score (nSPS) is 13.5. The molecule has 1 amide bonds. The maximum Gasteiger partial charge on any atom is 0.414 e. The largest absolute Gasteiger partial charge is 0.498 e. The van der Waals surface area contributed by atoms with Crippen molar-refractivity contribution in [3.05, 3.63) is 34.4 Å². The monoisotopic (exact) mass is 459 g/mol. The predicted octanol–water partition coefficient (Wildman–Crippen LogP) is 6.72. The number of rotatable bonds is 8. The number of benzene rings is 1. The molecule has 1 saturated carbocycles. The molecule has 1 aromatic heterocycles. The first kappa shape index (κ1) is 24.1. The lowest BCUT2D eigenvalue weighted by molar-refractivity contribution is 0.0588. The summed E-state index contributed by atoms with van der Waals surface area (Å²) in [4.78, 5) is 27.6. The highest BCUT2D eigenvalue weighted by atomic mass is 32.1. The Morgan fingerprint density at radius 3 is 2.41 bits per heavy atom. The van der Waals surface area contributed by atoms with Crippen LogP contribution in [0.2, 0.25) is 0 Å². The van der Waals surface area contributed by atoms with Crippen molar-refractivity contribution in [3.63, 3.8) is 0 Å². The van der Waals surface area contributed by atoms with E-state index in [2.05, 4.69) is 0 Å². The molecule has 0 N–H and O–H groups in total. The smallest absolute Gasteiger partial charge is 0.414 e. The van der Waals surface area contributed by atoms with Crippen molar-refractivity contribution in [1.82, 2.24) is 0 Å². The Kier molecular flexibility index (Phi) is 7.49. The van der Waals surface area contributed by atoms with Crippen LogP contribution in [0, 0.1) is 0 Å². The van der Waals surface area contributed by atoms with E-state index in [1.54, 1.807) is 14.2 Å². The van der Waals surface area contributed by atoms with Crippen LogP contribution >= 0.6 is 11.3 Å². The summed E-state index contributed by atoms with van der Waals surface area (Å²) in [5.41, 5.74) is 1.36. The first-order chi connectivity index (χ1) is 15.1. The van der Waals surface area contributed by atoms with E-state index in [-0.39, 0.29) is 5.78 Å². The summed E-state index contributed by atoms with van der Waals surface area (Å²) >= 11 is 1.43. The fourth-order valence-corrected chi connectivity index (χ4v) is 4.60. The zero-order valence-electron chi connectivity index (χ0n) is 19.9. The number of carbonyl (C=O) groups excluding carboxylic acids is 2. The highest BCUT2D eigenvalue weighted by molar-refractivity contribution is 7.20. The van der Waals surface area contributed by atoms with E-state index in [0.29, 0.717) is 35.8 Å². The molecule has 32 heavy (non-hydrogen) atoms. The molecular weight excluding hydrogens is 426 g/mol. The minimum Gasteiger partial charge on any atom is -0.498 e. The Hall–Kier alpha value is -2.54. The Morgan fingerprint density at radius 1 is 1.12 bits per heavy atom. The lowest BCUT2D eigenvalue weighted by Gasteiger charge is -2.25.